The Hall–Kier alpha value is -0.270. The van der Waals surface area contributed by atoms with E-state index in [1.54, 1.807) is 6.92 Å². The molecule has 0 rings (SSSR count). The van der Waals surface area contributed by atoms with Gasteiger partial charge in [0.05, 0.1) is 4.99 Å². The molecule has 10 N–H and O–H groups in total. The fourth-order valence-corrected chi connectivity index (χ4v) is 0. The van der Waals surface area contributed by atoms with Gasteiger partial charge in [-0.15, -0.1) is 0 Å². The van der Waals surface area contributed by atoms with Gasteiger partial charge in [-0.1, -0.05) is 12.2 Å². The molecule has 0 bridgehead atoms. The van der Waals surface area contributed by atoms with E-state index in [-0.39, 0.29) is 21.9 Å². The highest BCUT2D eigenvalue weighted by Gasteiger charge is 1.54. The van der Waals surface area contributed by atoms with E-state index in [0.29, 0.717) is 4.99 Å². The molecule has 0 aromatic carbocycles. The number of hydrogen-bond acceptors (Lipinski definition) is 1. The van der Waals surface area contributed by atoms with E-state index in [2.05, 4.69) is 12.2 Å². The van der Waals surface area contributed by atoms with Crippen LogP contribution in [0.5, 0.6) is 0 Å². The van der Waals surface area contributed by atoms with Crippen LogP contribution in [0.15, 0.2) is 0 Å². The third-order valence-corrected chi connectivity index (χ3v) is 0. The van der Waals surface area contributed by atoms with E-state index in [9.17, 15) is 0 Å². The standard InChI is InChI=1S/C2H5NS.4H2O/c1-2(3)4;;;;/h1H3,(H2,3,4);4*1H2. The van der Waals surface area contributed by atoms with Gasteiger partial charge in [-0.05, 0) is 6.92 Å². The minimum Gasteiger partial charge on any atom is -0.412 e. The average molecular weight is 147 g/mol. The molecule has 0 spiro atoms. The predicted molar refractivity (Wildman–Crippen MR) is 36.9 cm³/mol. The zero-order valence-corrected chi connectivity index (χ0v) is 5.30. The van der Waals surface area contributed by atoms with Gasteiger partial charge in [0.15, 0.2) is 0 Å². The van der Waals surface area contributed by atoms with Gasteiger partial charge in [-0.2, -0.15) is 0 Å². The SMILES string of the molecule is CC(N)=S.O.O.O.O. The van der Waals surface area contributed by atoms with Crippen LogP contribution in [0, 0.1) is 0 Å². The lowest BCUT2D eigenvalue weighted by molar-refractivity contribution is 0.823. The van der Waals surface area contributed by atoms with Gasteiger partial charge >= 0.3 is 0 Å². The summed E-state index contributed by atoms with van der Waals surface area (Å²) in [7, 11) is 0. The Morgan fingerprint density at radius 1 is 1.12 bits per heavy atom. The van der Waals surface area contributed by atoms with E-state index >= 15 is 0 Å². The molecule has 0 atom stereocenters. The lowest BCUT2D eigenvalue weighted by atomic mass is 10.8. The van der Waals surface area contributed by atoms with Crippen LogP contribution in [-0.2, 0) is 0 Å². The quantitative estimate of drug-likeness (QED) is 0.363. The van der Waals surface area contributed by atoms with Crippen molar-refractivity contribution in [2.24, 2.45) is 5.73 Å². The highest BCUT2D eigenvalue weighted by Crippen LogP contribution is 1.48. The van der Waals surface area contributed by atoms with Crippen LogP contribution in [0.1, 0.15) is 6.92 Å². The second kappa shape index (κ2) is 29.6. The van der Waals surface area contributed by atoms with Crippen molar-refractivity contribution in [2.45, 2.75) is 6.92 Å². The van der Waals surface area contributed by atoms with Gasteiger partial charge in [0, 0.05) is 0 Å². The molecule has 0 unspecified atom stereocenters. The minimum atomic E-state index is 0. The zero-order chi connectivity index (χ0) is 3.58. The summed E-state index contributed by atoms with van der Waals surface area (Å²) >= 11 is 4.31. The van der Waals surface area contributed by atoms with Crippen molar-refractivity contribution in [3.8, 4) is 0 Å². The Balaban J connectivity index is -0.00000000750. The summed E-state index contributed by atoms with van der Waals surface area (Å²) in [5.41, 5.74) is 4.84. The first kappa shape index (κ1) is 47.0. The Morgan fingerprint density at radius 2 is 1.12 bits per heavy atom. The molecule has 0 fully saturated rings. The summed E-state index contributed by atoms with van der Waals surface area (Å²) in [5.74, 6) is 0. The second-order valence-corrected chi connectivity index (χ2v) is 1.25. The summed E-state index contributed by atoms with van der Waals surface area (Å²) in [6.07, 6.45) is 0. The van der Waals surface area contributed by atoms with Gasteiger partial charge in [-0.3, -0.25) is 0 Å². The third-order valence-electron chi connectivity index (χ3n) is 0. The van der Waals surface area contributed by atoms with Crippen molar-refractivity contribution >= 4 is 17.2 Å². The first-order valence-corrected chi connectivity index (χ1v) is 1.40. The molecule has 8 heavy (non-hydrogen) atoms. The average Bonchev–Trinajstić information content (AvgIpc) is 0.811. The lowest BCUT2D eigenvalue weighted by Crippen LogP contribution is -1.98. The van der Waals surface area contributed by atoms with Crippen LogP contribution in [-0.4, -0.2) is 26.9 Å². The molecule has 5 nitrogen and oxygen atoms in total. The fraction of sp³-hybridized carbons (Fsp3) is 0.500. The van der Waals surface area contributed by atoms with Crippen LogP contribution in [0.3, 0.4) is 0 Å². The smallest absolute Gasteiger partial charge is 0.0695 e. The van der Waals surface area contributed by atoms with Crippen LogP contribution in [0.25, 0.3) is 0 Å². The topological polar surface area (TPSA) is 152 Å². The van der Waals surface area contributed by atoms with Crippen LogP contribution in [0.4, 0.5) is 0 Å². The van der Waals surface area contributed by atoms with E-state index in [4.69, 9.17) is 5.73 Å². The van der Waals surface area contributed by atoms with E-state index in [1.165, 1.54) is 0 Å². The summed E-state index contributed by atoms with van der Waals surface area (Å²) in [6.45, 7) is 1.68. The van der Waals surface area contributed by atoms with Gasteiger partial charge in [-0.25, -0.2) is 0 Å². The van der Waals surface area contributed by atoms with E-state index < -0.39 is 0 Å². The summed E-state index contributed by atoms with van der Waals surface area (Å²) in [5, 5.41) is 0. The summed E-state index contributed by atoms with van der Waals surface area (Å²) in [6, 6.07) is 0. The highest BCUT2D eigenvalue weighted by atomic mass is 32.1. The number of nitrogens with two attached hydrogens (primary N) is 1. The summed E-state index contributed by atoms with van der Waals surface area (Å²) in [4.78, 5) is 0.500. The molecule has 0 saturated carbocycles. The third kappa shape index (κ3) is 1760. The Labute approximate surface area is 52.7 Å². The van der Waals surface area contributed by atoms with Crippen LogP contribution >= 0.6 is 12.2 Å². The molecule has 0 heterocycles. The largest absolute Gasteiger partial charge is 0.412 e. The molecule has 0 aromatic rings. The number of hydrogen-bond donors (Lipinski definition) is 1. The molecule has 0 saturated heterocycles. The van der Waals surface area contributed by atoms with Crippen molar-refractivity contribution < 1.29 is 21.9 Å². The van der Waals surface area contributed by atoms with Crippen molar-refractivity contribution in [1.29, 1.82) is 0 Å². The van der Waals surface area contributed by atoms with Crippen molar-refractivity contribution in [2.75, 3.05) is 0 Å². The van der Waals surface area contributed by atoms with Gasteiger partial charge in [0.2, 0.25) is 0 Å². The van der Waals surface area contributed by atoms with Crippen LogP contribution < -0.4 is 5.73 Å². The fourth-order valence-electron chi connectivity index (χ4n) is 0. The maximum absolute atomic E-state index is 4.84. The molecule has 0 aliphatic heterocycles. The predicted octanol–water partition coefficient (Wildman–Crippen LogP) is -3.01. The maximum atomic E-state index is 4.84. The van der Waals surface area contributed by atoms with Crippen molar-refractivity contribution in [3.05, 3.63) is 0 Å². The van der Waals surface area contributed by atoms with E-state index in [1.807, 2.05) is 0 Å². The molecular weight excluding hydrogens is 134 g/mol. The second-order valence-electron chi connectivity index (χ2n) is 0.611. The molecule has 0 radical (unpaired) electrons. The molecule has 0 aliphatic carbocycles. The molecule has 0 aromatic heterocycles. The molecular formula is C2H13NO4S. The van der Waals surface area contributed by atoms with Crippen molar-refractivity contribution in [1.82, 2.24) is 0 Å². The molecule has 0 aliphatic rings. The van der Waals surface area contributed by atoms with Gasteiger partial charge in [0.1, 0.15) is 0 Å². The normalized spacial score (nSPS) is 3.12. The van der Waals surface area contributed by atoms with Gasteiger partial charge in [0.25, 0.3) is 0 Å². The van der Waals surface area contributed by atoms with Crippen molar-refractivity contribution in [3.63, 3.8) is 0 Å². The minimum absolute atomic E-state index is 0. The Bertz CT molecular complexity index is 37.0. The van der Waals surface area contributed by atoms with Gasteiger partial charge < -0.3 is 27.6 Å². The van der Waals surface area contributed by atoms with Crippen LogP contribution in [0.2, 0.25) is 0 Å². The monoisotopic (exact) mass is 147 g/mol. The molecule has 56 valence electrons. The highest BCUT2D eigenvalue weighted by molar-refractivity contribution is 7.80. The molecule has 0 amide bonds. The van der Waals surface area contributed by atoms with E-state index in [0.717, 1.165) is 0 Å². The summed E-state index contributed by atoms with van der Waals surface area (Å²) < 4.78 is 0. The Morgan fingerprint density at radius 3 is 1.12 bits per heavy atom. The number of thiocarbonyl (C=S) groups is 1. The first-order valence-electron chi connectivity index (χ1n) is 0.993. The maximum Gasteiger partial charge on any atom is 0.0695 e. The number of rotatable bonds is 0. The zero-order valence-electron chi connectivity index (χ0n) is 4.49. The molecule has 6 heteroatoms. The lowest BCUT2D eigenvalue weighted by Gasteiger charge is -1.65. The Kier molecular flexibility index (Phi) is 174. The first-order chi connectivity index (χ1) is 1.73.